The Morgan fingerprint density at radius 1 is 1.26 bits per heavy atom. The molecule has 3 aromatic rings. The molecule has 0 radical (unpaired) electrons. The molecule has 0 N–H and O–H groups in total. The Labute approximate surface area is 141 Å². The first-order valence-corrected chi connectivity index (χ1v) is 8.43. The number of hydrogen-bond acceptors (Lipinski definition) is 6. The number of fused-ring (bicyclic) bond motifs is 1. The fourth-order valence-corrected chi connectivity index (χ4v) is 4.20. The fourth-order valence-electron chi connectivity index (χ4n) is 2.76. The molecule has 0 bridgehead atoms. The summed E-state index contributed by atoms with van der Waals surface area (Å²) in [5.41, 5.74) is -0.757. The van der Waals surface area contributed by atoms with Crippen LogP contribution in [0.15, 0.2) is 28.8 Å². The number of nitrogens with zero attached hydrogens (tertiary/aromatic N) is 3. The van der Waals surface area contributed by atoms with Gasteiger partial charge in [-0.3, -0.25) is 0 Å². The van der Waals surface area contributed by atoms with Crippen molar-refractivity contribution in [2.75, 3.05) is 13.2 Å². The van der Waals surface area contributed by atoms with Crippen LogP contribution < -0.4 is 0 Å². The number of benzene rings is 1. The van der Waals surface area contributed by atoms with E-state index >= 15 is 0 Å². The number of thiophene rings is 1. The van der Waals surface area contributed by atoms with E-state index in [0.717, 1.165) is 15.0 Å². The van der Waals surface area contributed by atoms with E-state index in [1.807, 2.05) is 24.3 Å². The van der Waals surface area contributed by atoms with Gasteiger partial charge in [0.05, 0.1) is 16.0 Å². The predicted molar refractivity (Wildman–Crippen MR) is 87.5 cm³/mol. The van der Waals surface area contributed by atoms with Crippen LogP contribution in [0, 0.1) is 11.3 Å². The highest BCUT2D eigenvalue weighted by Gasteiger charge is 2.40. The fraction of sp³-hybridized carbons (Fsp3) is 0.312. The summed E-state index contributed by atoms with van der Waals surface area (Å²) in [4.78, 5) is 5.24. The van der Waals surface area contributed by atoms with Crippen LogP contribution in [-0.2, 0) is 10.2 Å². The van der Waals surface area contributed by atoms with Crippen molar-refractivity contribution in [1.82, 2.24) is 10.1 Å². The summed E-state index contributed by atoms with van der Waals surface area (Å²) in [5, 5.41) is 15.2. The maximum atomic E-state index is 9.59. The normalized spacial score (nSPS) is 17.2. The van der Waals surface area contributed by atoms with Gasteiger partial charge in [0.15, 0.2) is 0 Å². The molecular formula is C16H12ClN3O2S. The second-order valence-electron chi connectivity index (χ2n) is 5.47. The monoisotopic (exact) mass is 345 g/mol. The Morgan fingerprint density at radius 2 is 2.04 bits per heavy atom. The SMILES string of the molecule is N#CC1(c2nc(-c3sc4ccccc4c3Cl)no2)CCOCC1. The minimum atomic E-state index is -0.757. The van der Waals surface area contributed by atoms with E-state index in [9.17, 15) is 5.26 Å². The summed E-state index contributed by atoms with van der Waals surface area (Å²) in [5.74, 6) is 0.791. The molecule has 0 aliphatic carbocycles. The second kappa shape index (κ2) is 5.60. The highest BCUT2D eigenvalue weighted by molar-refractivity contribution is 7.23. The molecule has 116 valence electrons. The number of nitriles is 1. The summed E-state index contributed by atoms with van der Waals surface area (Å²) in [6.07, 6.45) is 1.12. The van der Waals surface area contributed by atoms with Crippen LogP contribution in [-0.4, -0.2) is 23.4 Å². The molecular weight excluding hydrogens is 334 g/mol. The first-order valence-electron chi connectivity index (χ1n) is 7.24. The molecule has 0 spiro atoms. The molecule has 1 fully saturated rings. The lowest BCUT2D eigenvalue weighted by atomic mass is 9.82. The zero-order chi connectivity index (χ0) is 15.9. The van der Waals surface area contributed by atoms with Gasteiger partial charge in [-0.2, -0.15) is 10.2 Å². The topological polar surface area (TPSA) is 71.9 Å². The lowest BCUT2D eigenvalue weighted by molar-refractivity contribution is 0.0574. The molecule has 0 atom stereocenters. The van der Waals surface area contributed by atoms with Crippen LogP contribution in [0.4, 0.5) is 0 Å². The minimum Gasteiger partial charge on any atom is -0.381 e. The van der Waals surface area contributed by atoms with E-state index in [0.29, 0.717) is 42.8 Å². The molecule has 5 nitrogen and oxygen atoms in total. The van der Waals surface area contributed by atoms with Crippen molar-refractivity contribution in [3.63, 3.8) is 0 Å². The standard InChI is InChI=1S/C16H12ClN3O2S/c17-12-10-3-1-2-4-11(10)23-13(12)14-19-15(22-20-14)16(9-18)5-7-21-8-6-16/h1-4H,5-8H2. The van der Waals surface area contributed by atoms with E-state index in [1.165, 1.54) is 11.3 Å². The summed E-state index contributed by atoms with van der Waals surface area (Å²) >= 11 is 7.98. The predicted octanol–water partition coefficient (Wildman–Crippen LogP) is 4.18. The third kappa shape index (κ3) is 2.32. The third-order valence-electron chi connectivity index (χ3n) is 4.13. The molecule has 1 aliphatic rings. The molecule has 2 aromatic heterocycles. The van der Waals surface area contributed by atoms with Gasteiger partial charge in [0.2, 0.25) is 11.7 Å². The van der Waals surface area contributed by atoms with E-state index in [-0.39, 0.29) is 0 Å². The Bertz CT molecular complexity index is 906. The van der Waals surface area contributed by atoms with Gasteiger partial charge in [0.1, 0.15) is 5.41 Å². The number of halogens is 1. The average molecular weight is 346 g/mol. The maximum absolute atomic E-state index is 9.59. The molecule has 4 rings (SSSR count). The van der Waals surface area contributed by atoms with Crippen molar-refractivity contribution in [3.05, 3.63) is 35.2 Å². The third-order valence-corrected chi connectivity index (χ3v) is 5.81. The number of rotatable bonds is 2. The summed E-state index contributed by atoms with van der Waals surface area (Å²) < 4.78 is 11.8. The highest BCUT2D eigenvalue weighted by Crippen LogP contribution is 2.42. The Balaban J connectivity index is 1.78. The summed E-state index contributed by atoms with van der Waals surface area (Å²) in [6, 6.07) is 10.2. The van der Waals surface area contributed by atoms with Crippen molar-refractivity contribution in [3.8, 4) is 16.8 Å². The zero-order valence-electron chi connectivity index (χ0n) is 12.1. The smallest absolute Gasteiger partial charge is 0.247 e. The summed E-state index contributed by atoms with van der Waals surface area (Å²) in [7, 11) is 0. The second-order valence-corrected chi connectivity index (χ2v) is 6.90. The first kappa shape index (κ1) is 14.6. The molecule has 1 aromatic carbocycles. The van der Waals surface area contributed by atoms with Crippen LogP contribution in [0.1, 0.15) is 18.7 Å². The Hall–Kier alpha value is -1.94. The lowest BCUT2D eigenvalue weighted by Gasteiger charge is -2.26. The minimum absolute atomic E-state index is 0.354. The van der Waals surface area contributed by atoms with Crippen molar-refractivity contribution < 1.29 is 9.26 Å². The van der Waals surface area contributed by atoms with Crippen LogP contribution in [0.2, 0.25) is 5.02 Å². The van der Waals surface area contributed by atoms with Crippen molar-refractivity contribution in [1.29, 1.82) is 5.26 Å². The van der Waals surface area contributed by atoms with Crippen LogP contribution in [0.25, 0.3) is 20.8 Å². The number of ether oxygens (including phenoxy) is 1. The Kier molecular flexibility index (Phi) is 3.57. The Morgan fingerprint density at radius 3 is 2.78 bits per heavy atom. The number of aromatic nitrogens is 2. The van der Waals surface area contributed by atoms with Gasteiger partial charge in [-0.15, -0.1) is 11.3 Å². The maximum Gasteiger partial charge on any atom is 0.247 e. The van der Waals surface area contributed by atoms with E-state index in [4.69, 9.17) is 20.9 Å². The van der Waals surface area contributed by atoms with Crippen molar-refractivity contribution >= 4 is 33.0 Å². The van der Waals surface area contributed by atoms with Crippen LogP contribution in [0.3, 0.4) is 0 Å². The van der Waals surface area contributed by atoms with Gasteiger partial charge < -0.3 is 9.26 Å². The molecule has 0 saturated carbocycles. The van der Waals surface area contributed by atoms with Gasteiger partial charge in [-0.05, 0) is 18.9 Å². The molecule has 7 heteroatoms. The van der Waals surface area contributed by atoms with E-state index in [2.05, 4.69) is 16.2 Å². The van der Waals surface area contributed by atoms with Gasteiger partial charge in [0, 0.05) is 23.3 Å². The molecule has 1 aliphatic heterocycles. The molecule has 0 unspecified atom stereocenters. The van der Waals surface area contributed by atoms with E-state index < -0.39 is 5.41 Å². The van der Waals surface area contributed by atoms with Gasteiger partial charge in [0.25, 0.3) is 0 Å². The van der Waals surface area contributed by atoms with Crippen molar-refractivity contribution in [2.24, 2.45) is 0 Å². The van der Waals surface area contributed by atoms with Gasteiger partial charge >= 0.3 is 0 Å². The van der Waals surface area contributed by atoms with Crippen molar-refractivity contribution in [2.45, 2.75) is 18.3 Å². The summed E-state index contributed by atoms with van der Waals surface area (Å²) in [6.45, 7) is 1.05. The molecule has 3 heterocycles. The quantitative estimate of drug-likeness (QED) is 0.696. The highest BCUT2D eigenvalue weighted by atomic mass is 35.5. The molecule has 23 heavy (non-hydrogen) atoms. The van der Waals surface area contributed by atoms with E-state index in [1.54, 1.807) is 0 Å². The lowest BCUT2D eigenvalue weighted by Crippen LogP contribution is -2.32. The molecule has 1 saturated heterocycles. The van der Waals surface area contributed by atoms with Crippen LogP contribution in [0.5, 0.6) is 0 Å². The average Bonchev–Trinajstić information content (AvgIpc) is 3.21. The number of hydrogen-bond donors (Lipinski definition) is 0. The zero-order valence-corrected chi connectivity index (χ0v) is 13.7. The molecule has 0 amide bonds. The van der Waals surface area contributed by atoms with Gasteiger partial charge in [-0.25, -0.2) is 0 Å². The van der Waals surface area contributed by atoms with Crippen LogP contribution >= 0.6 is 22.9 Å². The van der Waals surface area contributed by atoms with Gasteiger partial charge in [-0.1, -0.05) is 35.0 Å². The largest absolute Gasteiger partial charge is 0.381 e. The first-order chi connectivity index (χ1) is 11.2.